The summed E-state index contributed by atoms with van der Waals surface area (Å²) in [5, 5.41) is 11.5. The number of non-ortho nitro benzene ring substituents is 1. The lowest BCUT2D eigenvalue weighted by atomic mass is 10.0. The van der Waals surface area contributed by atoms with Crippen molar-refractivity contribution in [3.05, 3.63) is 40.1 Å². The Bertz CT molecular complexity index is 652. The van der Waals surface area contributed by atoms with Gasteiger partial charge >= 0.3 is 0 Å². The van der Waals surface area contributed by atoms with Crippen LogP contribution in [-0.2, 0) is 0 Å². The van der Waals surface area contributed by atoms with Crippen LogP contribution >= 0.6 is 0 Å². The fraction of sp³-hybridized carbons (Fsp3) is 0.167. The van der Waals surface area contributed by atoms with Gasteiger partial charge in [0.25, 0.3) is 5.69 Å². The zero-order valence-corrected chi connectivity index (χ0v) is 9.84. The third kappa shape index (κ3) is 1.77. The highest BCUT2D eigenvalue weighted by atomic mass is 16.6. The fourth-order valence-corrected chi connectivity index (χ4v) is 1.83. The van der Waals surface area contributed by atoms with Gasteiger partial charge < -0.3 is 4.74 Å². The molecule has 0 bridgehead atoms. The molecule has 6 nitrogen and oxygen atoms in total. The van der Waals surface area contributed by atoms with Gasteiger partial charge in [0.2, 0.25) is 0 Å². The summed E-state index contributed by atoms with van der Waals surface area (Å²) in [6, 6.07) is 4.48. The van der Waals surface area contributed by atoms with Crippen molar-refractivity contribution in [2.24, 2.45) is 0 Å². The fourth-order valence-electron chi connectivity index (χ4n) is 1.83. The number of fused-ring (bicyclic) bond motifs is 1. The van der Waals surface area contributed by atoms with Gasteiger partial charge in [0.1, 0.15) is 5.75 Å². The standard InChI is InChI=1S/C12H10N2O4/c1-7(15)9-6-10(14(16)17)11-8(12(9)18-2)4-3-5-13-11/h3-6H,1-2H3. The van der Waals surface area contributed by atoms with Gasteiger partial charge in [0.05, 0.1) is 23.0 Å². The van der Waals surface area contributed by atoms with Crippen LogP contribution in [0.5, 0.6) is 5.75 Å². The molecule has 0 amide bonds. The van der Waals surface area contributed by atoms with Gasteiger partial charge in [-0.25, -0.2) is 4.98 Å². The smallest absolute Gasteiger partial charge is 0.296 e. The quantitative estimate of drug-likeness (QED) is 0.471. The van der Waals surface area contributed by atoms with Crippen LogP contribution < -0.4 is 4.74 Å². The van der Waals surface area contributed by atoms with Crippen LogP contribution in [0.4, 0.5) is 5.69 Å². The summed E-state index contributed by atoms with van der Waals surface area (Å²) in [5.41, 5.74) is 0.200. The van der Waals surface area contributed by atoms with E-state index in [0.29, 0.717) is 11.1 Å². The number of nitrogens with zero attached hydrogens (tertiary/aromatic N) is 2. The van der Waals surface area contributed by atoms with E-state index in [1.807, 2.05) is 0 Å². The summed E-state index contributed by atoms with van der Waals surface area (Å²) in [4.78, 5) is 25.9. The molecule has 0 aliphatic carbocycles. The number of nitro groups is 1. The third-order valence-corrected chi connectivity index (χ3v) is 2.60. The zero-order valence-electron chi connectivity index (χ0n) is 9.84. The summed E-state index contributed by atoms with van der Waals surface area (Å²) in [6.45, 7) is 1.34. The Morgan fingerprint density at radius 2 is 2.22 bits per heavy atom. The van der Waals surface area contributed by atoms with E-state index in [1.165, 1.54) is 26.3 Å². The van der Waals surface area contributed by atoms with Crippen molar-refractivity contribution in [1.82, 2.24) is 4.98 Å². The van der Waals surface area contributed by atoms with Crippen LogP contribution in [0.3, 0.4) is 0 Å². The highest BCUT2D eigenvalue weighted by Gasteiger charge is 2.22. The van der Waals surface area contributed by atoms with Crippen LogP contribution in [0.1, 0.15) is 17.3 Å². The molecule has 6 heteroatoms. The Balaban J connectivity index is 2.95. The molecule has 0 N–H and O–H groups in total. The van der Waals surface area contributed by atoms with Crippen molar-refractivity contribution in [3.63, 3.8) is 0 Å². The molecule has 2 rings (SSSR count). The van der Waals surface area contributed by atoms with Crippen LogP contribution in [0, 0.1) is 10.1 Å². The predicted octanol–water partition coefficient (Wildman–Crippen LogP) is 2.35. The summed E-state index contributed by atoms with van der Waals surface area (Å²) in [5.74, 6) is 0.0249. The number of nitro benzene ring substituents is 1. The van der Waals surface area contributed by atoms with E-state index < -0.39 is 4.92 Å². The number of pyridine rings is 1. The van der Waals surface area contributed by atoms with Gasteiger partial charge in [-0.15, -0.1) is 0 Å². The first kappa shape index (κ1) is 12.0. The lowest BCUT2D eigenvalue weighted by molar-refractivity contribution is -0.383. The van der Waals surface area contributed by atoms with Crippen LogP contribution in [-0.4, -0.2) is 22.8 Å². The predicted molar refractivity (Wildman–Crippen MR) is 65.0 cm³/mol. The molecular formula is C12H10N2O4. The second-order valence-electron chi connectivity index (χ2n) is 3.69. The SMILES string of the molecule is COc1c(C(C)=O)cc([N+](=O)[O-])c2ncccc12. The van der Waals surface area contributed by atoms with Crippen LogP contribution in [0.25, 0.3) is 10.9 Å². The minimum atomic E-state index is -0.554. The maximum Gasteiger partial charge on any atom is 0.296 e. The maximum absolute atomic E-state index is 11.5. The largest absolute Gasteiger partial charge is 0.495 e. The summed E-state index contributed by atoms with van der Waals surface area (Å²) in [7, 11) is 1.42. The van der Waals surface area contributed by atoms with Gasteiger partial charge in [-0.05, 0) is 19.1 Å². The Morgan fingerprint density at radius 3 is 2.78 bits per heavy atom. The zero-order chi connectivity index (χ0) is 13.3. The molecular weight excluding hydrogens is 236 g/mol. The molecule has 0 aliphatic heterocycles. The molecule has 0 aliphatic rings. The molecule has 2 aromatic rings. The van der Waals surface area contributed by atoms with Crippen molar-refractivity contribution in [1.29, 1.82) is 0 Å². The summed E-state index contributed by atoms with van der Waals surface area (Å²) < 4.78 is 5.17. The second kappa shape index (κ2) is 4.40. The van der Waals surface area contributed by atoms with E-state index in [9.17, 15) is 14.9 Å². The van der Waals surface area contributed by atoms with Crippen LogP contribution in [0.15, 0.2) is 24.4 Å². The molecule has 0 atom stereocenters. The minimum absolute atomic E-state index is 0.185. The molecule has 0 fully saturated rings. The molecule has 92 valence electrons. The van der Waals surface area contributed by atoms with Crippen molar-refractivity contribution in [3.8, 4) is 5.75 Å². The lowest BCUT2D eigenvalue weighted by Gasteiger charge is -2.09. The first-order chi connectivity index (χ1) is 8.56. The second-order valence-corrected chi connectivity index (χ2v) is 3.69. The van der Waals surface area contributed by atoms with Gasteiger partial charge in [0.15, 0.2) is 11.3 Å². The van der Waals surface area contributed by atoms with Crippen molar-refractivity contribution >= 4 is 22.4 Å². The van der Waals surface area contributed by atoms with E-state index in [4.69, 9.17) is 4.74 Å². The first-order valence-electron chi connectivity index (χ1n) is 5.17. The normalized spacial score (nSPS) is 10.3. The Kier molecular flexibility index (Phi) is 2.93. The number of aromatic nitrogens is 1. The maximum atomic E-state index is 11.5. The number of carbonyl (C=O) groups is 1. The van der Waals surface area contributed by atoms with Gasteiger partial charge in [-0.1, -0.05) is 0 Å². The molecule has 1 heterocycles. The topological polar surface area (TPSA) is 82.3 Å². The average molecular weight is 246 g/mol. The van der Waals surface area contributed by atoms with Gasteiger partial charge in [-0.3, -0.25) is 14.9 Å². The first-order valence-corrected chi connectivity index (χ1v) is 5.17. The Morgan fingerprint density at radius 1 is 1.50 bits per heavy atom. The highest BCUT2D eigenvalue weighted by Crippen LogP contribution is 2.35. The summed E-state index contributed by atoms with van der Waals surface area (Å²) >= 11 is 0. The van der Waals surface area contributed by atoms with Crippen LogP contribution in [0.2, 0.25) is 0 Å². The number of methoxy groups -OCH3 is 1. The monoisotopic (exact) mass is 246 g/mol. The number of rotatable bonds is 3. The van der Waals surface area contributed by atoms with Gasteiger partial charge in [0, 0.05) is 12.3 Å². The number of hydrogen-bond acceptors (Lipinski definition) is 5. The van der Waals surface area contributed by atoms with E-state index in [0.717, 1.165) is 0 Å². The van der Waals surface area contributed by atoms with E-state index >= 15 is 0 Å². The Hall–Kier alpha value is -2.50. The number of benzene rings is 1. The molecule has 0 saturated carbocycles. The minimum Gasteiger partial charge on any atom is -0.495 e. The van der Waals surface area contributed by atoms with E-state index in [-0.39, 0.29) is 22.6 Å². The molecule has 1 aromatic heterocycles. The van der Waals surface area contributed by atoms with Crippen molar-refractivity contribution in [2.45, 2.75) is 6.92 Å². The highest BCUT2D eigenvalue weighted by molar-refractivity contribution is 6.05. The Labute approximate surface area is 102 Å². The number of ketones is 1. The number of hydrogen-bond donors (Lipinski definition) is 0. The molecule has 1 aromatic carbocycles. The lowest BCUT2D eigenvalue weighted by Crippen LogP contribution is -2.02. The molecule has 0 spiro atoms. The van der Waals surface area contributed by atoms with E-state index in [1.54, 1.807) is 12.1 Å². The number of ether oxygens (including phenoxy) is 1. The summed E-state index contributed by atoms with van der Waals surface area (Å²) in [6.07, 6.45) is 1.46. The molecule has 0 radical (unpaired) electrons. The molecule has 0 unspecified atom stereocenters. The molecule has 18 heavy (non-hydrogen) atoms. The van der Waals surface area contributed by atoms with Crippen molar-refractivity contribution in [2.75, 3.05) is 7.11 Å². The average Bonchev–Trinajstić information content (AvgIpc) is 2.36. The number of Topliss-reactive ketones (excluding diaryl/α,β-unsaturated/α-hetero) is 1. The van der Waals surface area contributed by atoms with Gasteiger partial charge in [-0.2, -0.15) is 0 Å². The van der Waals surface area contributed by atoms with E-state index in [2.05, 4.69) is 4.98 Å². The van der Waals surface area contributed by atoms with Crippen molar-refractivity contribution < 1.29 is 14.5 Å². The third-order valence-electron chi connectivity index (χ3n) is 2.60. The molecule has 0 saturated heterocycles. The number of carbonyl (C=O) groups excluding carboxylic acids is 1.